The van der Waals surface area contributed by atoms with Crippen LogP contribution >= 0.6 is 0 Å². The maximum atomic E-state index is 5.59. The van der Waals surface area contributed by atoms with Gasteiger partial charge in [0.15, 0.2) is 0 Å². The highest BCUT2D eigenvalue weighted by molar-refractivity contribution is 5.48. The summed E-state index contributed by atoms with van der Waals surface area (Å²) in [6, 6.07) is 7.72. The summed E-state index contributed by atoms with van der Waals surface area (Å²) in [6.45, 7) is 0. The van der Waals surface area contributed by atoms with Crippen LogP contribution < -0.4 is 5.73 Å². The Bertz CT molecular complexity index is 280. The summed E-state index contributed by atoms with van der Waals surface area (Å²) in [5.74, 6) is 0. The van der Waals surface area contributed by atoms with Gasteiger partial charge in [-0.1, -0.05) is 18.2 Å². The maximum Gasteiger partial charge on any atom is 0.146 e. The van der Waals surface area contributed by atoms with Crippen molar-refractivity contribution in [2.24, 2.45) is 16.0 Å². The predicted molar refractivity (Wildman–Crippen MR) is 37.9 cm³/mol. The van der Waals surface area contributed by atoms with Gasteiger partial charge < -0.3 is 5.73 Å². The third-order valence-electron chi connectivity index (χ3n) is 1.55. The first-order valence-electron chi connectivity index (χ1n) is 3.13. The second-order valence-corrected chi connectivity index (χ2v) is 2.22. The summed E-state index contributed by atoms with van der Waals surface area (Å²) in [6.07, 6.45) is -0.240. The van der Waals surface area contributed by atoms with E-state index in [1.807, 2.05) is 24.3 Å². The van der Waals surface area contributed by atoms with E-state index in [9.17, 15) is 0 Å². The Morgan fingerprint density at radius 2 is 2.10 bits per heavy atom. The Balaban J connectivity index is 2.59. The molecule has 1 heterocycles. The van der Waals surface area contributed by atoms with Crippen LogP contribution in [-0.2, 0) is 0 Å². The minimum Gasteiger partial charge on any atom is -0.304 e. The molecule has 50 valence electrons. The van der Waals surface area contributed by atoms with Crippen molar-refractivity contribution in [2.75, 3.05) is 0 Å². The number of nitrogens with two attached hydrogens (primary N) is 1. The zero-order valence-corrected chi connectivity index (χ0v) is 5.36. The van der Waals surface area contributed by atoms with Crippen molar-refractivity contribution in [2.45, 2.75) is 6.17 Å². The first kappa shape index (κ1) is 5.56. The highest BCUT2D eigenvalue weighted by Gasteiger charge is 2.13. The second kappa shape index (κ2) is 1.88. The lowest BCUT2D eigenvalue weighted by Gasteiger charge is -1.97. The monoisotopic (exact) mass is 133 g/mol. The molecule has 0 saturated carbocycles. The maximum absolute atomic E-state index is 5.59. The van der Waals surface area contributed by atoms with Crippen molar-refractivity contribution in [1.82, 2.24) is 0 Å². The number of rotatable bonds is 0. The fourth-order valence-electron chi connectivity index (χ4n) is 1.02. The van der Waals surface area contributed by atoms with E-state index in [0.717, 1.165) is 11.3 Å². The normalized spacial score (nSPS) is 21.1. The molecule has 2 rings (SSSR count). The summed E-state index contributed by atoms with van der Waals surface area (Å²) in [4.78, 5) is 0. The largest absolute Gasteiger partial charge is 0.304 e. The van der Waals surface area contributed by atoms with E-state index in [4.69, 9.17) is 5.73 Å². The molecule has 3 heteroatoms. The summed E-state index contributed by atoms with van der Waals surface area (Å²) in [7, 11) is 0. The van der Waals surface area contributed by atoms with E-state index < -0.39 is 0 Å². The van der Waals surface area contributed by atoms with Gasteiger partial charge in [-0.2, -0.15) is 10.2 Å². The smallest absolute Gasteiger partial charge is 0.146 e. The summed E-state index contributed by atoms with van der Waals surface area (Å²) in [5, 5.41) is 7.69. The van der Waals surface area contributed by atoms with Crippen molar-refractivity contribution < 1.29 is 0 Å². The minimum absolute atomic E-state index is 0.240. The van der Waals surface area contributed by atoms with Crippen LogP contribution in [0.5, 0.6) is 0 Å². The van der Waals surface area contributed by atoms with Crippen molar-refractivity contribution in [3.8, 4) is 0 Å². The van der Waals surface area contributed by atoms with Crippen LogP contribution in [0.2, 0.25) is 0 Å². The fourth-order valence-corrected chi connectivity index (χ4v) is 1.02. The number of azo groups is 1. The van der Waals surface area contributed by atoms with Gasteiger partial charge in [0.1, 0.15) is 6.17 Å². The van der Waals surface area contributed by atoms with E-state index in [2.05, 4.69) is 10.2 Å². The first-order valence-corrected chi connectivity index (χ1v) is 3.13. The quantitative estimate of drug-likeness (QED) is 0.575. The third-order valence-corrected chi connectivity index (χ3v) is 1.55. The van der Waals surface area contributed by atoms with E-state index in [-0.39, 0.29) is 6.17 Å². The van der Waals surface area contributed by atoms with E-state index in [1.165, 1.54) is 0 Å². The molecule has 0 radical (unpaired) electrons. The Labute approximate surface area is 58.6 Å². The van der Waals surface area contributed by atoms with Crippen LogP contribution in [0.25, 0.3) is 0 Å². The molecule has 3 nitrogen and oxygen atoms in total. The first-order chi connectivity index (χ1) is 4.88. The Morgan fingerprint density at radius 1 is 1.30 bits per heavy atom. The molecule has 0 spiro atoms. The van der Waals surface area contributed by atoms with Gasteiger partial charge in [-0.15, -0.1) is 0 Å². The molecule has 1 aromatic rings. The molecule has 0 fully saturated rings. The number of hydrogen-bond donors (Lipinski definition) is 1. The summed E-state index contributed by atoms with van der Waals surface area (Å²) in [5.41, 5.74) is 7.50. The molecule has 1 atom stereocenters. The van der Waals surface area contributed by atoms with Gasteiger partial charge in [0.25, 0.3) is 0 Å². The fraction of sp³-hybridized carbons (Fsp3) is 0.143. The summed E-state index contributed by atoms with van der Waals surface area (Å²) < 4.78 is 0. The van der Waals surface area contributed by atoms with Crippen molar-refractivity contribution in [1.29, 1.82) is 0 Å². The highest BCUT2D eigenvalue weighted by atomic mass is 15.2. The topological polar surface area (TPSA) is 50.7 Å². The average molecular weight is 133 g/mol. The summed E-state index contributed by atoms with van der Waals surface area (Å²) >= 11 is 0. The number of fused-ring (bicyclic) bond motifs is 1. The molecule has 1 aliphatic heterocycles. The molecular weight excluding hydrogens is 126 g/mol. The predicted octanol–water partition coefficient (Wildman–Crippen LogP) is 1.74. The lowest BCUT2D eigenvalue weighted by Crippen LogP contribution is -2.02. The Hall–Kier alpha value is -1.22. The van der Waals surface area contributed by atoms with Gasteiger partial charge in [-0.3, -0.25) is 0 Å². The van der Waals surface area contributed by atoms with Crippen LogP contribution in [0.15, 0.2) is 34.5 Å². The second-order valence-electron chi connectivity index (χ2n) is 2.22. The molecule has 0 saturated heterocycles. The number of nitrogens with zero attached hydrogens (tertiary/aromatic N) is 2. The zero-order valence-electron chi connectivity index (χ0n) is 5.36. The van der Waals surface area contributed by atoms with Crippen molar-refractivity contribution in [3.63, 3.8) is 0 Å². The van der Waals surface area contributed by atoms with Crippen LogP contribution in [-0.4, -0.2) is 0 Å². The van der Waals surface area contributed by atoms with Crippen molar-refractivity contribution >= 4 is 5.69 Å². The number of benzene rings is 1. The molecule has 0 aliphatic carbocycles. The Morgan fingerprint density at radius 3 is 2.90 bits per heavy atom. The molecule has 0 aromatic heterocycles. The van der Waals surface area contributed by atoms with Gasteiger partial charge >= 0.3 is 0 Å². The van der Waals surface area contributed by atoms with Crippen LogP contribution in [0.3, 0.4) is 0 Å². The van der Waals surface area contributed by atoms with Gasteiger partial charge in [0.2, 0.25) is 0 Å². The van der Waals surface area contributed by atoms with Gasteiger partial charge in [0, 0.05) is 5.56 Å². The molecule has 2 N–H and O–H groups in total. The molecular formula is C7H7N3. The van der Waals surface area contributed by atoms with Gasteiger partial charge in [0.05, 0.1) is 5.69 Å². The SMILES string of the molecule is N[C@@H]1N=Nc2ccccc21. The lowest BCUT2D eigenvalue weighted by molar-refractivity contribution is 0.769. The van der Waals surface area contributed by atoms with Gasteiger partial charge in [-0.25, -0.2) is 0 Å². The molecule has 0 unspecified atom stereocenters. The van der Waals surface area contributed by atoms with Crippen LogP contribution in [0.1, 0.15) is 11.7 Å². The highest BCUT2D eigenvalue weighted by Crippen LogP contribution is 2.31. The van der Waals surface area contributed by atoms with Crippen LogP contribution in [0, 0.1) is 0 Å². The number of hydrogen-bond acceptors (Lipinski definition) is 3. The third kappa shape index (κ3) is 0.642. The van der Waals surface area contributed by atoms with Crippen molar-refractivity contribution in [3.05, 3.63) is 29.8 Å². The molecule has 0 bridgehead atoms. The van der Waals surface area contributed by atoms with Gasteiger partial charge in [-0.05, 0) is 6.07 Å². The molecule has 1 aromatic carbocycles. The molecule has 1 aliphatic rings. The standard InChI is InChI=1S/C7H7N3/c8-7-5-3-1-2-4-6(5)9-10-7/h1-4,7H,8H2/t7-/m1/s1. The lowest BCUT2D eigenvalue weighted by atomic mass is 10.1. The molecule has 0 amide bonds. The Kier molecular flexibility index (Phi) is 1.05. The van der Waals surface area contributed by atoms with Crippen LogP contribution in [0.4, 0.5) is 5.69 Å². The average Bonchev–Trinajstić information content (AvgIpc) is 2.34. The zero-order chi connectivity index (χ0) is 6.97. The van der Waals surface area contributed by atoms with E-state index in [1.54, 1.807) is 0 Å². The minimum atomic E-state index is -0.240. The van der Waals surface area contributed by atoms with E-state index >= 15 is 0 Å². The van der Waals surface area contributed by atoms with E-state index in [0.29, 0.717) is 0 Å². The molecule has 10 heavy (non-hydrogen) atoms.